The molecule has 1 atom stereocenters. The van der Waals surface area contributed by atoms with Gasteiger partial charge in [-0.1, -0.05) is 13.8 Å². The van der Waals surface area contributed by atoms with Gasteiger partial charge in [0.15, 0.2) is 12.3 Å². The molecule has 0 bridgehead atoms. The van der Waals surface area contributed by atoms with E-state index in [1.54, 1.807) is 12.1 Å². The molecule has 0 unspecified atom stereocenters. The molecule has 0 aliphatic carbocycles. The normalized spacial score (nSPS) is 11.8. The van der Waals surface area contributed by atoms with Crippen molar-refractivity contribution in [2.45, 2.75) is 26.3 Å². The van der Waals surface area contributed by atoms with Crippen LogP contribution < -0.4 is 5.32 Å². The lowest BCUT2D eigenvalue weighted by molar-refractivity contribution is -0.145. The summed E-state index contributed by atoms with van der Waals surface area (Å²) in [5.41, 5.74) is 0.710. The molecule has 2 aromatic rings. The number of hydrogen-bond donors (Lipinski definition) is 1. The van der Waals surface area contributed by atoms with Crippen molar-refractivity contribution in [2.24, 2.45) is 5.92 Å². The molecule has 28 heavy (non-hydrogen) atoms. The minimum absolute atomic E-state index is 0.0452. The summed E-state index contributed by atoms with van der Waals surface area (Å²) in [7, 11) is 1.24. The van der Waals surface area contributed by atoms with Gasteiger partial charge in [0.1, 0.15) is 16.9 Å². The van der Waals surface area contributed by atoms with Crippen LogP contribution in [0.2, 0.25) is 0 Å². The second kappa shape index (κ2) is 9.93. The molecule has 2 rings (SSSR count). The fourth-order valence-corrected chi connectivity index (χ4v) is 3.16. The van der Waals surface area contributed by atoms with Crippen molar-refractivity contribution in [2.75, 3.05) is 13.7 Å². The molecule has 1 aromatic carbocycles. The molecule has 0 aliphatic rings. The third-order valence-electron chi connectivity index (χ3n) is 3.67. The zero-order valence-corrected chi connectivity index (χ0v) is 16.5. The van der Waals surface area contributed by atoms with E-state index in [-0.39, 0.29) is 17.4 Å². The van der Waals surface area contributed by atoms with Gasteiger partial charge in [0.05, 0.1) is 7.11 Å². The first kappa shape index (κ1) is 21.5. The molecule has 0 spiro atoms. The molecule has 9 heteroatoms. The summed E-state index contributed by atoms with van der Waals surface area (Å²) in [5.74, 6) is -2.14. The topological polar surface area (TPSA) is 94.6 Å². The Morgan fingerprint density at radius 1 is 1.21 bits per heavy atom. The van der Waals surface area contributed by atoms with Crippen LogP contribution in [0, 0.1) is 11.7 Å². The summed E-state index contributed by atoms with van der Waals surface area (Å²) in [6.45, 7) is 3.26. The maximum Gasteiger partial charge on any atom is 0.358 e. The number of thiazole rings is 1. The van der Waals surface area contributed by atoms with Crippen LogP contribution in [0.15, 0.2) is 29.6 Å². The second-order valence-corrected chi connectivity index (χ2v) is 7.25. The average Bonchev–Trinajstić information content (AvgIpc) is 3.15. The molecule has 1 heterocycles. The average molecular weight is 408 g/mol. The molecule has 0 fully saturated rings. The van der Waals surface area contributed by atoms with Crippen molar-refractivity contribution in [1.29, 1.82) is 0 Å². The Labute approximate surface area is 165 Å². The molecule has 1 N–H and O–H groups in total. The fraction of sp³-hybridized carbons (Fsp3) is 0.368. The summed E-state index contributed by atoms with van der Waals surface area (Å²) in [6, 6.07) is 4.90. The van der Waals surface area contributed by atoms with Crippen LogP contribution in [0.1, 0.15) is 30.8 Å². The van der Waals surface area contributed by atoms with E-state index in [1.165, 1.54) is 36.0 Å². The Bertz CT molecular complexity index is 835. The molecule has 150 valence electrons. The summed E-state index contributed by atoms with van der Waals surface area (Å²) in [4.78, 5) is 40.0. The number of nitrogens with zero attached hydrogens (tertiary/aromatic N) is 1. The quantitative estimate of drug-likeness (QED) is 0.675. The highest BCUT2D eigenvalue weighted by molar-refractivity contribution is 7.13. The van der Waals surface area contributed by atoms with Crippen LogP contribution in [0.4, 0.5) is 4.39 Å². The van der Waals surface area contributed by atoms with Gasteiger partial charge in [-0.15, -0.1) is 11.3 Å². The lowest BCUT2D eigenvalue weighted by Gasteiger charge is -2.18. The van der Waals surface area contributed by atoms with Gasteiger partial charge >= 0.3 is 11.9 Å². The third-order valence-corrected chi connectivity index (χ3v) is 4.56. The van der Waals surface area contributed by atoms with Crippen molar-refractivity contribution in [3.63, 3.8) is 0 Å². The lowest BCUT2D eigenvalue weighted by atomic mass is 10.0. The van der Waals surface area contributed by atoms with E-state index in [0.717, 1.165) is 0 Å². The number of nitrogens with one attached hydrogen (secondary N) is 1. The van der Waals surface area contributed by atoms with Crippen LogP contribution in [0.3, 0.4) is 0 Å². The van der Waals surface area contributed by atoms with Crippen LogP contribution in [-0.4, -0.2) is 42.6 Å². The number of carbonyl (C=O) groups is 3. The fourth-order valence-electron chi connectivity index (χ4n) is 2.36. The minimum atomic E-state index is -0.805. The van der Waals surface area contributed by atoms with Crippen LogP contribution in [0.5, 0.6) is 0 Å². The maximum atomic E-state index is 13.0. The van der Waals surface area contributed by atoms with Crippen molar-refractivity contribution >= 4 is 29.2 Å². The van der Waals surface area contributed by atoms with Gasteiger partial charge in [0.2, 0.25) is 0 Å². The van der Waals surface area contributed by atoms with Gasteiger partial charge < -0.3 is 14.8 Å². The first-order valence-electron chi connectivity index (χ1n) is 8.56. The van der Waals surface area contributed by atoms with E-state index in [1.807, 2.05) is 13.8 Å². The molecular formula is C19H21FN2O5S. The van der Waals surface area contributed by atoms with Crippen molar-refractivity contribution in [1.82, 2.24) is 10.3 Å². The van der Waals surface area contributed by atoms with Gasteiger partial charge in [0, 0.05) is 10.9 Å². The third kappa shape index (κ3) is 6.12. The smallest absolute Gasteiger partial charge is 0.358 e. The summed E-state index contributed by atoms with van der Waals surface area (Å²) in [6.07, 6.45) is 0.402. The maximum absolute atomic E-state index is 13.0. The molecule has 0 aliphatic heterocycles. The van der Waals surface area contributed by atoms with Crippen molar-refractivity contribution in [3.05, 3.63) is 41.2 Å². The largest absolute Gasteiger partial charge is 0.467 e. The van der Waals surface area contributed by atoms with Gasteiger partial charge in [-0.2, -0.15) is 0 Å². The number of halogens is 1. The van der Waals surface area contributed by atoms with Gasteiger partial charge in [-0.3, -0.25) is 4.79 Å². The van der Waals surface area contributed by atoms with Crippen LogP contribution in [0.25, 0.3) is 10.6 Å². The minimum Gasteiger partial charge on any atom is -0.467 e. The first-order chi connectivity index (χ1) is 13.3. The van der Waals surface area contributed by atoms with Gasteiger partial charge in [0.25, 0.3) is 5.91 Å². The molecular weight excluding hydrogens is 387 g/mol. The SMILES string of the molecule is COC(=O)[C@@H](CC(C)C)NC(=O)COC(=O)c1csc(-c2ccc(F)cc2)n1. The van der Waals surface area contributed by atoms with E-state index < -0.39 is 30.5 Å². The first-order valence-corrected chi connectivity index (χ1v) is 9.44. The zero-order valence-electron chi connectivity index (χ0n) is 15.7. The zero-order chi connectivity index (χ0) is 20.7. The highest BCUT2D eigenvalue weighted by Gasteiger charge is 2.23. The Hall–Kier alpha value is -2.81. The van der Waals surface area contributed by atoms with Crippen LogP contribution in [-0.2, 0) is 19.1 Å². The van der Waals surface area contributed by atoms with Crippen LogP contribution >= 0.6 is 11.3 Å². The highest BCUT2D eigenvalue weighted by Crippen LogP contribution is 2.24. The van der Waals surface area contributed by atoms with E-state index in [4.69, 9.17) is 4.74 Å². The highest BCUT2D eigenvalue weighted by atomic mass is 32.1. The molecule has 7 nitrogen and oxygen atoms in total. The predicted molar refractivity (Wildman–Crippen MR) is 101 cm³/mol. The number of rotatable bonds is 8. The number of carbonyl (C=O) groups excluding carboxylic acids is 3. The predicted octanol–water partition coefficient (Wildman–Crippen LogP) is 2.81. The Balaban J connectivity index is 1.91. The number of amides is 1. The summed E-state index contributed by atoms with van der Waals surface area (Å²) >= 11 is 1.20. The monoisotopic (exact) mass is 408 g/mol. The Morgan fingerprint density at radius 3 is 2.50 bits per heavy atom. The van der Waals surface area contributed by atoms with E-state index in [9.17, 15) is 18.8 Å². The number of aromatic nitrogens is 1. The Morgan fingerprint density at radius 2 is 1.89 bits per heavy atom. The summed E-state index contributed by atoms with van der Waals surface area (Å²) < 4.78 is 22.6. The Kier molecular flexibility index (Phi) is 7.62. The number of ether oxygens (including phenoxy) is 2. The molecule has 1 amide bonds. The number of methoxy groups -OCH3 is 1. The number of hydrogen-bond acceptors (Lipinski definition) is 7. The van der Waals surface area contributed by atoms with E-state index in [2.05, 4.69) is 15.0 Å². The molecule has 0 saturated carbocycles. The number of benzene rings is 1. The molecule has 0 radical (unpaired) electrons. The van der Waals surface area contributed by atoms with Crippen molar-refractivity contribution < 1.29 is 28.2 Å². The standard InChI is InChI=1S/C19H21FN2O5S/c1-11(2)8-14(18(24)26-3)21-16(23)9-27-19(25)15-10-28-17(22-15)12-4-6-13(20)7-5-12/h4-7,10-11,14H,8-9H2,1-3H3,(H,21,23)/t14-/m1/s1. The van der Waals surface area contributed by atoms with Crippen molar-refractivity contribution in [3.8, 4) is 10.6 Å². The van der Waals surface area contributed by atoms with E-state index >= 15 is 0 Å². The number of esters is 2. The van der Waals surface area contributed by atoms with E-state index in [0.29, 0.717) is 17.0 Å². The lowest BCUT2D eigenvalue weighted by Crippen LogP contribution is -2.44. The second-order valence-electron chi connectivity index (χ2n) is 6.39. The van der Waals surface area contributed by atoms with Gasteiger partial charge in [-0.25, -0.2) is 19.0 Å². The van der Waals surface area contributed by atoms with Gasteiger partial charge in [-0.05, 0) is 36.6 Å². The molecule has 1 aromatic heterocycles. The molecule has 0 saturated heterocycles. The summed E-state index contributed by atoms with van der Waals surface area (Å²) in [5, 5.41) is 4.52.